The summed E-state index contributed by atoms with van der Waals surface area (Å²) in [4.78, 5) is 43.1. The molecule has 6 nitrogen and oxygen atoms in total. The van der Waals surface area contributed by atoms with Crippen molar-refractivity contribution in [3.63, 3.8) is 0 Å². The molecule has 0 radical (unpaired) electrons. The van der Waals surface area contributed by atoms with Crippen molar-refractivity contribution in [1.29, 1.82) is 0 Å². The largest absolute Gasteiger partial charge is 0.468 e. The number of benzene rings is 2. The number of esters is 1. The summed E-state index contributed by atoms with van der Waals surface area (Å²) in [6.07, 6.45) is 1.33. The zero-order valence-electron chi connectivity index (χ0n) is 17.8. The Morgan fingerprint density at radius 2 is 1.71 bits per heavy atom. The molecular formula is C25H26N2O4. The van der Waals surface area contributed by atoms with E-state index in [2.05, 4.69) is 17.0 Å². The summed E-state index contributed by atoms with van der Waals surface area (Å²) in [6.45, 7) is 2.79. The van der Waals surface area contributed by atoms with E-state index in [1.807, 2.05) is 42.5 Å². The summed E-state index contributed by atoms with van der Waals surface area (Å²) in [6, 6.07) is 17.9. The maximum atomic E-state index is 13.3. The number of ether oxygens (including phenoxy) is 1. The maximum Gasteiger partial charge on any atom is 0.327 e. The normalized spacial score (nSPS) is 29.9. The van der Waals surface area contributed by atoms with Gasteiger partial charge in [0.15, 0.2) is 0 Å². The van der Waals surface area contributed by atoms with Crippen molar-refractivity contribution >= 4 is 17.8 Å². The Morgan fingerprint density at radius 3 is 2.35 bits per heavy atom. The van der Waals surface area contributed by atoms with E-state index < -0.39 is 23.3 Å². The molecule has 31 heavy (non-hydrogen) atoms. The Hall–Kier alpha value is -2.99. The molecule has 2 aromatic rings. The molecule has 3 fully saturated rings. The molecule has 0 bridgehead atoms. The average Bonchev–Trinajstić information content (AvgIpc) is 3.42. The first-order valence-electron chi connectivity index (χ1n) is 10.9. The summed E-state index contributed by atoms with van der Waals surface area (Å²) in [5, 5.41) is 0. The van der Waals surface area contributed by atoms with Crippen LogP contribution in [0.2, 0.25) is 0 Å². The summed E-state index contributed by atoms with van der Waals surface area (Å²) >= 11 is 0. The molecular weight excluding hydrogens is 392 g/mol. The number of hydrogen-bond acceptors (Lipinski definition) is 5. The molecule has 3 aliphatic rings. The van der Waals surface area contributed by atoms with Crippen molar-refractivity contribution in [2.45, 2.75) is 31.3 Å². The molecule has 0 unspecified atom stereocenters. The number of carbonyl (C=O) groups is 3. The van der Waals surface area contributed by atoms with Crippen LogP contribution in [0.3, 0.4) is 0 Å². The van der Waals surface area contributed by atoms with Gasteiger partial charge in [0.2, 0.25) is 11.8 Å². The number of fused-ring (bicyclic) bond motifs is 3. The van der Waals surface area contributed by atoms with Gasteiger partial charge in [-0.05, 0) is 43.0 Å². The Kier molecular flexibility index (Phi) is 4.70. The van der Waals surface area contributed by atoms with Gasteiger partial charge in [0, 0.05) is 12.6 Å². The second kappa shape index (κ2) is 7.31. The first kappa shape index (κ1) is 19.9. The number of carbonyl (C=O) groups excluding carboxylic acids is 3. The SMILES string of the molecule is CCN1C(=O)[C@@H]2[C@@H](c3ccc(-c4ccccc4)cc3)N3CCC[C@@]3(C(=O)OC)[C@@H]2C1=O. The van der Waals surface area contributed by atoms with E-state index in [1.165, 1.54) is 12.0 Å². The van der Waals surface area contributed by atoms with Crippen LogP contribution in [0.15, 0.2) is 54.6 Å². The minimum absolute atomic E-state index is 0.174. The van der Waals surface area contributed by atoms with E-state index in [9.17, 15) is 14.4 Å². The molecule has 0 N–H and O–H groups in total. The van der Waals surface area contributed by atoms with Crippen LogP contribution in [0.4, 0.5) is 0 Å². The molecule has 160 valence electrons. The van der Waals surface area contributed by atoms with Gasteiger partial charge in [-0.2, -0.15) is 0 Å². The molecule has 0 aromatic heterocycles. The number of likely N-dealkylation sites (tertiary alicyclic amines) is 1. The van der Waals surface area contributed by atoms with Gasteiger partial charge in [-0.15, -0.1) is 0 Å². The zero-order valence-corrected chi connectivity index (χ0v) is 17.8. The predicted octanol–water partition coefficient (Wildman–Crippen LogP) is 3.04. The van der Waals surface area contributed by atoms with Gasteiger partial charge in [0.1, 0.15) is 5.54 Å². The highest BCUT2D eigenvalue weighted by Gasteiger charge is 2.73. The minimum Gasteiger partial charge on any atom is -0.468 e. The summed E-state index contributed by atoms with van der Waals surface area (Å²) in [5.41, 5.74) is 2.11. The summed E-state index contributed by atoms with van der Waals surface area (Å²) in [7, 11) is 1.36. The van der Waals surface area contributed by atoms with Crippen molar-refractivity contribution in [2.24, 2.45) is 11.8 Å². The molecule has 3 saturated heterocycles. The lowest BCUT2D eigenvalue weighted by Gasteiger charge is -2.36. The topological polar surface area (TPSA) is 66.9 Å². The molecule has 2 amide bonds. The van der Waals surface area contributed by atoms with E-state index in [4.69, 9.17) is 4.74 Å². The van der Waals surface area contributed by atoms with Gasteiger partial charge in [-0.25, -0.2) is 0 Å². The quantitative estimate of drug-likeness (QED) is 0.564. The third-order valence-electron chi connectivity index (χ3n) is 7.32. The molecule has 4 atom stereocenters. The molecule has 3 heterocycles. The smallest absolute Gasteiger partial charge is 0.327 e. The highest BCUT2D eigenvalue weighted by atomic mass is 16.5. The number of nitrogens with zero attached hydrogens (tertiary/aromatic N) is 2. The Balaban J connectivity index is 1.60. The standard InChI is InChI=1S/C25H26N2O4/c1-3-26-22(28)19-20(23(26)29)25(24(30)31-2)14-7-15-27(25)21(19)18-12-10-17(11-13-18)16-8-5-4-6-9-16/h4-6,8-13,19-21H,3,7,14-15H2,1-2H3/t19-,20-,21+,25-/m0/s1. The van der Waals surface area contributed by atoms with Gasteiger partial charge < -0.3 is 4.74 Å². The van der Waals surface area contributed by atoms with E-state index in [0.717, 1.165) is 23.1 Å². The van der Waals surface area contributed by atoms with E-state index in [0.29, 0.717) is 19.5 Å². The van der Waals surface area contributed by atoms with Gasteiger partial charge >= 0.3 is 5.97 Å². The van der Waals surface area contributed by atoms with E-state index in [-0.39, 0.29) is 17.9 Å². The molecule has 0 aliphatic carbocycles. The second-order valence-electron chi connectivity index (χ2n) is 8.57. The van der Waals surface area contributed by atoms with Crippen LogP contribution >= 0.6 is 0 Å². The lowest BCUT2D eigenvalue weighted by Crippen LogP contribution is -2.54. The predicted molar refractivity (Wildman–Crippen MR) is 115 cm³/mol. The van der Waals surface area contributed by atoms with Gasteiger partial charge in [0.05, 0.1) is 18.9 Å². The highest BCUT2D eigenvalue weighted by molar-refractivity contribution is 6.09. The molecule has 0 saturated carbocycles. The van der Waals surface area contributed by atoms with Gasteiger partial charge in [0.25, 0.3) is 0 Å². The lowest BCUT2D eigenvalue weighted by atomic mass is 9.77. The van der Waals surface area contributed by atoms with Crippen LogP contribution in [0.1, 0.15) is 31.4 Å². The first-order chi connectivity index (χ1) is 15.0. The van der Waals surface area contributed by atoms with E-state index in [1.54, 1.807) is 6.92 Å². The summed E-state index contributed by atoms with van der Waals surface area (Å²) in [5.74, 6) is -2.06. The van der Waals surface area contributed by atoms with Gasteiger partial charge in [-0.3, -0.25) is 24.2 Å². The fraction of sp³-hybridized carbons (Fsp3) is 0.400. The zero-order chi connectivity index (χ0) is 21.8. The fourth-order valence-corrected chi connectivity index (χ4v) is 6.07. The number of methoxy groups -OCH3 is 1. The van der Waals surface area contributed by atoms with Crippen molar-refractivity contribution in [3.05, 3.63) is 60.2 Å². The first-order valence-corrected chi connectivity index (χ1v) is 10.9. The number of imide groups is 1. The number of amides is 2. The number of hydrogen-bond donors (Lipinski definition) is 0. The van der Waals surface area contributed by atoms with Crippen LogP contribution in [-0.2, 0) is 19.1 Å². The summed E-state index contributed by atoms with van der Waals surface area (Å²) < 4.78 is 5.20. The van der Waals surface area contributed by atoms with E-state index >= 15 is 0 Å². The monoisotopic (exact) mass is 418 g/mol. The molecule has 5 rings (SSSR count). The van der Waals surface area contributed by atoms with Crippen molar-refractivity contribution < 1.29 is 19.1 Å². The average molecular weight is 418 g/mol. The minimum atomic E-state index is -1.06. The third kappa shape index (κ3) is 2.64. The Labute approximate surface area is 181 Å². The highest BCUT2D eigenvalue weighted by Crippen LogP contribution is 2.59. The Morgan fingerprint density at radius 1 is 1.03 bits per heavy atom. The second-order valence-corrected chi connectivity index (χ2v) is 8.57. The number of rotatable bonds is 4. The fourth-order valence-electron chi connectivity index (χ4n) is 6.07. The van der Waals surface area contributed by atoms with Crippen LogP contribution in [0.25, 0.3) is 11.1 Å². The molecule has 0 spiro atoms. The van der Waals surface area contributed by atoms with Crippen molar-refractivity contribution in [3.8, 4) is 11.1 Å². The van der Waals surface area contributed by atoms with Crippen LogP contribution in [0.5, 0.6) is 0 Å². The molecule has 6 heteroatoms. The van der Waals surface area contributed by atoms with Crippen LogP contribution in [-0.4, -0.2) is 53.3 Å². The van der Waals surface area contributed by atoms with Crippen LogP contribution < -0.4 is 0 Å². The van der Waals surface area contributed by atoms with Crippen LogP contribution in [0, 0.1) is 11.8 Å². The molecule has 2 aromatic carbocycles. The Bertz CT molecular complexity index is 1040. The molecule has 3 aliphatic heterocycles. The lowest BCUT2D eigenvalue weighted by molar-refractivity contribution is -0.159. The maximum absolute atomic E-state index is 13.3. The van der Waals surface area contributed by atoms with Crippen molar-refractivity contribution in [1.82, 2.24) is 9.80 Å². The third-order valence-corrected chi connectivity index (χ3v) is 7.32. The van der Waals surface area contributed by atoms with Crippen molar-refractivity contribution in [2.75, 3.05) is 20.2 Å². The van der Waals surface area contributed by atoms with Gasteiger partial charge in [-0.1, -0.05) is 54.6 Å².